The zero-order chi connectivity index (χ0) is 28.4. The van der Waals surface area contributed by atoms with Crippen molar-refractivity contribution < 1.29 is 22.7 Å². The van der Waals surface area contributed by atoms with E-state index in [1.165, 1.54) is 3.97 Å². The SMILES string of the molecule is COc1ccc(CC(=O)N[C@@H]2c3c(n(S(=O)(=O)c4ccccc4)c4ccccc34)C[C@H]2OCc2ccccc2)cc1. The number of para-hydroxylation sites is 1. The first-order valence-electron chi connectivity index (χ1n) is 13.5. The van der Waals surface area contributed by atoms with E-state index in [1.807, 2.05) is 78.9 Å². The summed E-state index contributed by atoms with van der Waals surface area (Å²) in [6.45, 7) is 0.337. The van der Waals surface area contributed by atoms with Crippen LogP contribution in [0.2, 0.25) is 0 Å². The highest BCUT2D eigenvalue weighted by molar-refractivity contribution is 7.90. The summed E-state index contributed by atoms with van der Waals surface area (Å²) >= 11 is 0. The van der Waals surface area contributed by atoms with Crippen LogP contribution in [-0.4, -0.2) is 31.5 Å². The lowest BCUT2D eigenvalue weighted by Gasteiger charge is -2.23. The van der Waals surface area contributed by atoms with E-state index in [9.17, 15) is 13.2 Å². The molecular weight excluding hydrogens is 536 g/mol. The van der Waals surface area contributed by atoms with Crippen LogP contribution in [0, 0.1) is 0 Å². The normalized spacial score (nSPS) is 16.4. The Morgan fingerprint density at radius 3 is 2.22 bits per heavy atom. The largest absolute Gasteiger partial charge is 0.497 e. The van der Waals surface area contributed by atoms with E-state index in [4.69, 9.17) is 9.47 Å². The highest BCUT2D eigenvalue weighted by Crippen LogP contribution is 2.42. The van der Waals surface area contributed by atoms with Crippen LogP contribution in [0.3, 0.4) is 0 Å². The third-order valence-electron chi connectivity index (χ3n) is 7.47. The molecule has 1 heterocycles. The molecule has 1 amide bonds. The topological polar surface area (TPSA) is 86.6 Å². The second-order valence-electron chi connectivity index (χ2n) is 10.1. The molecule has 0 saturated carbocycles. The molecule has 0 spiro atoms. The summed E-state index contributed by atoms with van der Waals surface area (Å²) in [5, 5.41) is 3.97. The van der Waals surface area contributed by atoms with Gasteiger partial charge >= 0.3 is 0 Å². The molecule has 0 saturated heterocycles. The van der Waals surface area contributed by atoms with Crippen molar-refractivity contribution in [2.45, 2.75) is 36.5 Å². The van der Waals surface area contributed by atoms with E-state index in [0.717, 1.165) is 27.8 Å². The van der Waals surface area contributed by atoms with Gasteiger partial charge in [0.25, 0.3) is 10.0 Å². The second-order valence-corrected chi connectivity index (χ2v) is 11.9. The lowest BCUT2D eigenvalue weighted by atomic mass is 10.0. The molecule has 0 bridgehead atoms. The Bertz CT molecular complexity index is 1780. The number of carbonyl (C=O) groups excluding carboxylic acids is 1. The maximum Gasteiger partial charge on any atom is 0.268 e. The summed E-state index contributed by atoms with van der Waals surface area (Å²) in [4.78, 5) is 13.6. The Hall–Kier alpha value is -4.40. The van der Waals surface area contributed by atoms with Crippen molar-refractivity contribution >= 4 is 26.8 Å². The Labute approximate surface area is 239 Å². The second kappa shape index (κ2) is 11.2. The Morgan fingerprint density at radius 2 is 1.51 bits per heavy atom. The van der Waals surface area contributed by atoms with Gasteiger partial charge in [-0.25, -0.2) is 12.4 Å². The first-order valence-corrected chi connectivity index (χ1v) is 14.9. The molecule has 0 fully saturated rings. The predicted octanol–water partition coefficient (Wildman–Crippen LogP) is 5.43. The molecule has 4 aromatic carbocycles. The number of rotatable bonds is 9. The van der Waals surface area contributed by atoms with Gasteiger partial charge in [-0.1, -0.05) is 78.9 Å². The molecule has 8 heteroatoms. The van der Waals surface area contributed by atoms with E-state index >= 15 is 0 Å². The van der Waals surface area contributed by atoms with Crippen LogP contribution in [-0.2, 0) is 39.0 Å². The van der Waals surface area contributed by atoms with Gasteiger partial charge in [-0.3, -0.25) is 4.79 Å². The van der Waals surface area contributed by atoms with Crippen molar-refractivity contribution in [3.63, 3.8) is 0 Å². The van der Waals surface area contributed by atoms with E-state index in [-0.39, 0.29) is 17.2 Å². The number of nitrogens with one attached hydrogen (secondary N) is 1. The molecule has 208 valence electrons. The molecule has 1 aliphatic rings. The fourth-order valence-corrected chi connectivity index (χ4v) is 7.14. The van der Waals surface area contributed by atoms with Gasteiger partial charge in [0.2, 0.25) is 5.91 Å². The van der Waals surface area contributed by atoms with E-state index in [2.05, 4.69) is 5.32 Å². The number of amides is 1. The van der Waals surface area contributed by atoms with Crippen molar-refractivity contribution in [1.29, 1.82) is 0 Å². The number of nitrogens with zero attached hydrogens (tertiary/aromatic N) is 1. The summed E-state index contributed by atoms with van der Waals surface area (Å²) in [7, 11) is -2.31. The minimum atomic E-state index is -3.91. The maximum atomic E-state index is 14.0. The average Bonchev–Trinajstić information content (AvgIpc) is 3.51. The van der Waals surface area contributed by atoms with Crippen LogP contribution in [0.4, 0.5) is 0 Å². The van der Waals surface area contributed by atoms with Crippen LogP contribution in [0.5, 0.6) is 5.75 Å². The summed E-state index contributed by atoms with van der Waals surface area (Å²) in [5.41, 5.74) is 3.83. The monoisotopic (exact) mass is 566 g/mol. The highest BCUT2D eigenvalue weighted by Gasteiger charge is 2.41. The number of methoxy groups -OCH3 is 1. The van der Waals surface area contributed by atoms with Crippen molar-refractivity contribution in [2.75, 3.05) is 7.11 Å². The summed E-state index contributed by atoms with van der Waals surface area (Å²) in [6.07, 6.45) is 0.0420. The highest BCUT2D eigenvalue weighted by atomic mass is 32.2. The number of carbonyl (C=O) groups is 1. The van der Waals surface area contributed by atoms with Gasteiger partial charge in [-0.05, 0) is 41.5 Å². The van der Waals surface area contributed by atoms with Crippen LogP contribution in [0.15, 0.2) is 114 Å². The lowest BCUT2D eigenvalue weighted by molar-refractivity contribution is -0.122. The molecule has 2 atom stereocenters. The Balaban J connectivity index is 1.39. The molecule has 0 aliphatic heterocycles. The van der Waals surface area contributed by atoms with Crippen molar-refractivity contribution in [3.05, 3.63) is 132 Å². The molecule has 1 N–H and O–H groups in total. The van der Waals surface area contributed by atoms with Gasteiger partial charge in [-0.2, -0.15) is 0 Å². The van der Waals surface area contributed by atoms with E-state index in [0.29, 0.717) is 24.2 Å². The van der Waals surface area contributed by atoms with Crippen LogP contribution in [0.25, 0.3) is 10.9 Å². The number of fused-ring (bicyclic) bond motifs is 3. The van der Waals surface area contributed by atoms with Crippen LogP contribution >= 0.6 is 0 Å². The van der Waals surface area contributed by atoms with Crippen molar-refractivity contribution in [1.82, 2.24) is 9.29 Å². The number of benzene rings is 4. The first-order chi connectivity index (χ1) is 20.0. The maximum absolute atomic E-state index is 14.0. The van der Waals surface area contributed by atoms with Gasteiger partial charge in [-0.15, -0.1) is 0 Å². The van der Waals surface area contributed by atoms with Gasteiger partial charge in [0, 0.05) is 23.1 Å². The van der Waals surface area contributed by atoms with Gasteiger partial charge in [0.1, 0.15) is 5.75 Å². The quantitative estimate of drug-likeness (QED) is 0.257. The van der Waals surface area contributed by atoms with Crippen LogP contribution < -0.4 is 10.1 Å². The molecule has 0 unspecified atom stereocenters. The van der Waals surface area contributed by atoms with Gasteiger partial charge < -0.3 is 14.8 Å². The Kier molecular flexibility index (Phi) is 7.34. The van der Waals surface area contributed by atoms with E-state index in [1.54, 1.807) is 37.4 Å². The minimum Gasteiger partial charge on any atom is -0.497 e. The summed E-state index contributed by atoms with van der Waals surface area (Å²) in [6, 6.07) is 32.5. The van der Waals surface area contributed by atoms with Gasteiger partial charge in [0.05, 0.1) is 42.7 Å². The van der Waals surface area contributed by atoms with E-state index < -0.39 is 22.2 Å². The number of aromatic nitrogens is 1. The lowest BCUT2D eigenvalue weighted by Crippen LogP contribution is -2.36. The molecule has 6 rings (SSSR count). The zero-order valence-electron chi connectivity index (χ0n) is 22.6. The number of ether oxygens (including phenoxy) is 2. The average molecular weight is 567 g/mol. The predicted molar refractivity (Wildman–Crippen MR) is 157 cm³/mol. The molecule has 7 nitrogen and oxygen atoms in total. The molecular formula is C33H30N2O5S. The molecule has 0 radical (unpaired) electrons. The fourth-order valence-electron chi connectivity index (χ4n) is 5.55. The number of hydrogen-bond donors (Lipinski definition) is 1. The zero-order valence-corrected chi connectivity index (χ0v) is 23.4. The molecule has 1 aliphatic carbocycles. The van der Waals surface area contributed by atoms with Crippen LogP contribution in [0.1, 0.15) is 28.4 Å². The molecule has 41 heavy (non-hydrogen) atoms. The summed E-state index contributed by atoms with van der Waals surface area (Å²) in [5.74, 6) is 0.542. The third-order valence-corrected chi connectivity index (χ3v) is 9.24. The first kappa shape index (κ1) is 26.8. The third kappa shape index (κ3) is 5.24. The number of hydrogen-bond acceptors (Lipinski definition) is 5. The fraction of sp³-hybridized carbons (Fsp3) is 0.182. The molecule has 1 aromatic heterocycles. The standard InChI is InChI=1S/C33H30N2O5S/c1-39-25-18-16-23(17-19-25)20-31(36)34-33-30(40-22-24-10-4-2-5-11-24)21-29-32(33)27-14-8-9-15-28(27)35(29)41(37,38)26-12-6-3-7-13-26/h2-19,30,33H,20-22H2,1H3,(H,34,36)/t30-,33+/m1/s1. The van der Waals surface area contributed by atoms with Crippen molar-refractivity contribution in [2.24, 2.45) is 0 Å². The van der Waals surface area contributed by atoms with Gasteiger partial charge in [0.15, 0.2) is 0 Å². The minimum absolute atomic E-state index is 0.169. The Morgan fingerprint density at radius 1 is 0.854 bits per heavy atom. The summed E-state index contributed by atoms with van der Waals surface area (Å²) < 4.78 is 41.1. The molecule has 5 aromatic rings. The van der Waals surface area contributed by atoms with Crippen molar-refractivity contribution in [3.8, 4) is 5.75 Å². The smallest absolute Gasteiger partial charge is 0.268 e.